The number of anilines is 1. The Morgan fingerprint density at radius 1 is 0.847 bits per heavy atom. The Morgan fingerprint density at radius 2 is 1.46 bits per heavy atom. The molecule has 2 atom stereocenters. The second-order valence-electron chi connectivity index (χ2n) is 15.4. The number of hydrogen-bond acceptors (Lipinski definition) is 8. The molecule has 0 radical (unpaired) electrons. The maximum absolute atomic E-state index is 17.3. The molecule has 1 N–H and O–H groups in total. The molecule has 294 valence electrons. The molecule has 3 aliphatic carbocycles. The van der Waals surface area contributed by atoms with E-state index in [0.29, 0.717) is 21.6 Å². The zero-order valence-electron chi connectivity index (χ0n) is 32.3. The molecule has 0 amide bonds. The van der Waals surface area contributed by atoms with E-state index in [1.165, 1.54) is 11.3 Å². The van der Waals surface area contributed by atoms with Gasteiger partial charge < -0.3 is 14.6 Å². The van der Waals surface area contributed by atoms with Crippen LogP contribution in [0.15, 0.2) is 134 Å². The topological polar surface area (TPSA) is 94.8 Å². The summed E-state index contributed by atoms with van der Waals surface area (Å²) in [7, 11) is 0. The third-order valence-corrected chi connectivity index (χ3v) is 13.5. The lowest BCUT2D eigenvalue weighted by atomic mass is 9.61. The standard InChI is InChI=1S/C48H40ClFN6O2S/c1-2-58-47(57)39-29-22-24-30(25-23-29)41(39)53-45-40(50)43(37-26-31-14-12-13-21-36(31)59-37)54-44(55-45)35-28-56(46-42(35)52-38(49)27-51-46)48(32-15-6-3-7-16-32,33-17-8-4-9-18-33)34-19-10-5-11-20-34/h3-21,26-30,39,41H,2,22-25H2,1H3,(H,53,54,55)/t29?,30?,39-,41-/m0/s1. The van der Waals surface area contributed by atoms with Gasteiger partial charge in [0.15, 0.2) is 23.1 Å². The first-order valence-electron chi connectivity index (χ1n) is 20.1. The predicted octanol–water partition coefficient (Wildman–Crippen LogP) is 11.2. The highest BCUT2D eigenvalue weighted by Gasteiger charge is 2.48. The Morgan fingerprint density at radius 3 is 2.08 bits per heavy atom. The Labute approximate surface area is 350 Å². The normalized spacial score (nSPS) is 19.0. The van der Waals surface area contributed by atoms with Gasteiger partial charge in [-0.15, -0.1) is 11.3 Å². The highest BCUT2D eigenvalue weighted by molar-refractivity contribution is 7.22. The van der Waals surface area contributed by atoms with Gasteiger partial charge in [-0.25, -0.2) is 24.3 Å². The fraction of sp³-hybridized carbons (Fsp3) is 0.229. The number of rotatable bonds is 10. The molecule has 0 saturated heterocycles. The van der Waals surface area contributed by atoms with E-state index >= 15 is 4.39 Å². The molecule has 0 spiro atoms. The van der Waals surface area contributed by atoms with E-state index in [2.05, 4.69) is 46.3 Å². The van der Waals surface area contributed by atoms with Crippen LogP contribution in [0.3, 0.4) is 0 Å². The van der Waals surface area contributed by atoms with Crippen LogP contribution < -0.4 is 5.32 Å². The highest BCUT2D eigenvalue weighted by atomic mass is 35.5. The summed E-state index contributed by atoms with van der Waals surface area (Å²) >= 11 is 8.15. The summed E-state index contributed by atoms with van der Waals surface area (Å²) in [6.45, 7) is 2.11. The smallest absolute Gasteiger partial charge is 0.311 e. The molecular weight excluding hydrogens is 779 g/mol. The van der Waals surface area contributed by atoms with Gasteiger partial charge in [-0.05, 0) is 78.7 Å². The van der Waals surface area contributed by atoms with Crippen molar-refractivity contribution in [2.75, 3.05) is 11.9 Å². The van der Waals surface area contributed by atoms with Crippen molar-refractivity contribution in [2.45, 2.75) is 44.2 Å². The number of ether oxygens (including phenoxy) is 1. The highest BCUT2D eigenvalue weighted by Crippen LogP contribution is 2.48. The molecule has 8 nitrogen and oxygen atoms in total. The van der Waals surface area contributed by atoms with E-state index < -0.39 is 17.3 Å². The van der Waals surface area contributed by atoms with Crippen LogP contribution in [0.4, 0.5) is 10.2 Å². The zero-order valence-corrected chi connectivity index (χ0v) is 33.8. The van der Waals surface area contributed by atoms with E-state index in [4.69, 9.17) is 36.3 Å². The van der Waals surface area contributed by atoms with Gasteiger partial charge in [0, 0.05) is 16.9 Å². The number of thiophene rings is 1. The number of halogens is 2. The molecule has 3 aliphatic rings. The van der Waals surface area contributed by atoms with Crippen molar-refractivity contribution < 1.29 is 13.9 Å². The quantitative estimate of drug-likeness (QED) is 0.108. The lowest BCUT2D eigenvalue weighted by Crippen LogP contribution is -2.52. The molecule has 11 heteroatoms. The summed E-state index contributed by atoms with van der Waals surface area (Å²) in [5.41, 5.74) is 3.70. The Bertz CT molecular complexity index is 2680. The van der Waals surface area contributed by atoms with Crippen molar-refractivity contribution in [3.8, 4) is 22.0 Å². The number of fused-ring (bicyclic) bond motifs is 5. The minimum atomic E-state index is -0.952. The monoisotopic (exact) mass is 818 g/mol. The van der Waals surface area contributed by atoms with Gasteiger partial charge in [-0.2, -0.15) is 0 Å². The van der Waals surface area contributed by atoms with E-state index in [1.807, 2.05) is 98.0 Å². The molecule has 3 saturated carbocycles. The lowest BCUT2D eigenvalue weighted by molar-refractivity contribution is -0.154. The number of hydrogen-bond donors (Lipinski definition) is 1. The van der Waals surface area contributed by atoms with Crippen LogP contribution in [0.2, 0.25) is 5.15 Å². The molecule has 0 unspecified atom stereocenters. The van der Waals surface area contributed by atoms with Crippen LogP contribution in [0, 0.1) is 23.6 Å². The van der Waals surface area contributed by atoms with Crippen LogP contribution >= 0.6 is 22.9 Å². The Balaban J connectivity index is 1.24. The third kappa shape index (κ3) is 6.37. The molecule has 59 heavy (non-hydrogen) atoms. The van der Waals surface area contributed by atoms with Gasteiger partial charge in [0.05, 0.1) is 29.2 Å². The lowest BCUT2D eigenvalue weighted by Gasteiger charge is -2.47. The van der Waals surface area contributed by atoms with E-state index in [0.717, 1.165) is 52.5 Å². The molecule has 0 aliphatic heterocycles. The summed E-state index contributed by atoms with van der Waals surface area (Å²) in [6, 6.07) is 40.5. The second kappa shape index (κ2) is 15.3. The fourth-order valence-corrected chi connectivity index (χ4v) is 10.8. The molecule has 4 aromatic heterocycles. The summed E-state index contributed by atoms with van der Waals surface area (Å²) < 4.78 is 26.1. The Hall–Kier alpha value is -5.97. The number of carbonyl (C=O) groups excluding carboxylic acids is 1. The predicted molar refractivity (Wildman–Crippen MR) is 232 cm³/mol. The number of nitrogens with zero attached hydrogens (tertiary/aromatic N) is 5. The average molecular weight is 819 g/mol. The van der Waals surface area contributed by atoms with Crippen molar-refractivity contribution in [2.24, 2.45) is 17.8 Å². The minimum absolute atomic E-state index is 0.0330. The summed E-state index contributed by atoms with van der Waals surface area (Å²) in [4.78, 5) is 34.1. The van der Waals surface area contributed by atoms with Gasteiger partial charge in [0.1, 0.15) is 21.9 Å². The molecule has 2 bridgehead atoms. The van der Waals surface area contributed by atoms with Crippen LogP contribution in [0.25, 0.3) is 43.2 Å². The van der Waals surface area contributed by atoms with Crippen LogP contribution in [-0.4, -0.2) is 43.1 Å². The van der Waals surface area contributed by atoms with Crippen LogP contribution in [0.1, 0.15) is 49.3 Å². The molecular formula is C48H40ClFN6O2S. The maximum Gasteiger partial charge on any atom is 0.311 e. The number of carbonyl (C=O) groups is 1. The third-order valence-electron chi connectivity index (χ3n) is 12.2. The number of nitrogens with one attached hydrogen (secondary N) is 1. The zero-order chi connectivity index (χ0) is 40.1. The maximum atomic E-state index is 17.3. The van der Waals surface area contributed by atoms with Crippen LogP contribution in [-0.2, 0) is 15.1 Å². The summed E-state index contributed by atoms with van der Waals surface area (Å²) in [6.07, 6.45) is 7.31. The van der Waals surface area contributed by atoms with Gasteiger partial charge >= 0.3 is 5.97 Å². The number of benzene rings is 4. The van der Waals surface area contributed by atoms with Gasteiger partial charge in [-0.1, -0.05) is 121 Å². The summed E-state index contributed by atoms with van der Waals surface area (Å²) in [5, 5.41) is 4.69. The van der Waals surface area contributed by atoms with Crippen molar-refractivity contribution in [1.82, 2.24) is 24.5 Å². The van der Waals surface area contributed by atoms with Crippen molar-refractivity contribution in [3.63, 3.8) is 0 Å². The van der Waals surface area contributed by atoms with E-state index in [9.17, 15) is 4.79 Å². The van der Waals surface area contributed by atoms with E-state index in [1.54, 1.807) is 6.20 Å². The first-order chi connectivity index (χ1) is 28.9. The average Bonchev–Trinajstić information content (AvgIpc) is 3.88. The first-order valence-corrected chi connectivity index (χ1v) is 21.3. The van der Waals surface area contributed by atoms with Gasteiger partial charge in [0.2, 0.25) is 0 Å². The molecule has 4 aromatic carbocycles. The SMILES string of the molecule is CCOC(=O)[C@H]1C2CCC(CC2)[C@@H]1Nc1nc(-c2cn(C(c3ccccc3)(c3ccccc3)c3ccccc3)c3ncc(Cl)nc23)nc(-c2cc3ccccc3s2)c1F. The van der Waals surface area contributed by atoms with Crippen molar-refractivity contribution in [3.05, 3.63) is 161 Å². The van der Waals surface area contributed by atoms with Gasteiger partial charge in [0.25, 0.3) is 0 Å². The number of esters is 1. The largest absolute Gasteiger partial charge is 0.466 e. The molecule has 4 heterocycles. The van der Waals surface area contributed by atoms with E-state index in [-0.39, 0.29) is 52.9 Å². The summed E-state index contributed by atoms with van der Waals surface area (Å²) in [5.74, 6) is -0.641. The minimum Gasteiger partial charge on any atom is -0.466 e. The molecule has 8 aromatic rings. The van der Waals surface area contributed by atoms with Gasteiger partial charge in [-0.3, -0.25) is 4.79 Å². The molecule has 11 rings (SSSR count). The molecule has 3 fully saturated rings. The number of aromatic nitrogens is 5. The Kier molecular flexibility index (Phi) is 9.69. The van der Waals surface area contributed by atoms with Crippen molar-refractivity contribution in [1.29, 1.82) is 0 Å². The first kappa shape index (κ1) is 37.3. The van der Waals surface area contributed by atoms with Crippen molar-refractivity contribution >= 4 is 56.0 Å². The van der Waals surface area contributed by atoms with Crippen LogP contribution in [0.5, 0.6) is 0 Å². The fourth-order valence-electron chi connectivity index (χ4n) is 9.66. The second-order valence-corrected chi connectivity index (χ2v) is 16.9.